The Morgan fingerprint density at radius 2 is 1.75 bits per heavy atom. The molecule has 6 heteroatoms. The number of anilines is 2. The van der Waals surface area contributed by atoms with Crippen molar-refractivity contribution in [1.82, 2.24) is 0 Å². The fourth-order valence-electron chi connectivity index (χ4n) is 3.62. The van der Waals surface area contributed by atoms with Crippen LogP contribution in [0.5, 0.6) is 0 Å². The van der Waals surface area contributed by atoms with E-state index in [0.717, 1.165) is 42.9 Å². The summed E-state index contributed by atoms with van der Waals surface area (Å²) in [4.78, 5) is 27.5. The first-order chi connectivity index (χ1) is 13.5. The molecule has 0 atom stereocenters. The molecule has 0 aromatic heterocycles. The number of carbonyl (C=O) groups excluding carboxylic acids is 1. The zero-order valence-corrected chi connectivity index (χ0v) is 16.8. The molecular formula is C22H25ClN2O3. The maximum atomic E-state index is 12.4. The molecule has 0 unspecified atom stereocenters. The Hall–Kier alpha value is -2.53. The number of hydrogen-bond donors (Lipinski definition) is 1. The fourth-order valence-corrected chi connectivity index (χ4v) is 3.78. The zero-order valence-electron chi connectivity index (χ0n) is 16.0. The normalized spacial score (nSPS) is 14.0. The van der Waals surface area contributed by atoms with Crippen LogP contribution >= 0.6 is 11.6 Å². The molecule has 1 fully saturated rings. The molecule has 28 heavy (non-hydrogen) atoms. The highest BCUT2D eigenvalue weighted by molar-refractivity contribution is 6.31. The Labute approximate surface area is 170 Å². The third-order valence-electron chi connectivity index (χ3n) is 5.13. The molecule has 0 radical (unpaired) electrons. The minimum absolute atomic E-state index is 0.0392. The van der Waals surface area contributed by atoms with E-state index in [1.165, 1.54) is 6.42 Å². The summed E-state index contributed by atoms with van der Waals surface area (Å²) in [6, 6.07) is 12.5. The predicted octanol–water partition coefficient (Wildman–Crippen LogP) is 4.62. The van der Waals surface area contributed by atoms with Gasteiger partial charge in [0.2, 0.25) is 5.91 Å². The first kappa shape index (κ1) is 20.2. The van der Waals surface area contributed by atoms with Crippen LogP contribution in [0.3, 0.4) is 0 Å². The van der Waals surface area contributed by atoms with Gasteiger partial charge in [-0.3, -0.25) is 4.79 Å². The molecule has 1 N–H and O–H groups in total. The summed E-state index contributed by atoms with van der Waals surface area (Å²) in [5.74, 6) is -0.982. The number of nitrogens with zero attached hydrogens (tertiary/aromatic N) is 2. The van der Waals surface area contributed by atoms with Gasteiger partial charge >= 0.3 is 5.97 Å². The molecule has 0 spiro atoms. The Morgan fingerprint density at radius 1 is 1.07 bits per heavy atom. The van der Waals surface area contributed by atoms with Gasteiger partial charge in [-0.15, -0.1) is 0 Å². The van der Waals surface area contributed by atoms with Crippen LogP contribution in [0.4, 0.5) is 11.4 Å². The second-order valence-corrected chi connectivity index (χ2v) is 7.54. The summed E-state index contributed by atoms with van der Waals surface area (Å²) in [5, 5.41) is 9.63. The second-order valence-electron chi connectivity index (χ2n) is 7.10. The number of carboxylic acids is 1. The highest BCUT2D eigenvalue weighted by Crippen LogP contribution is 2.34. The number of rotatable bonds is 6. The molecule has 2 aromatic carbocycles. The van der Waals surface area contributed by atoms with E-state index in [2.05, 4.69) is 4.90 Å². The molecule has 3 rings (SSSR count). The minimum Gasteiger partial charge on any atom is -0.478 e. The topological polar surface area (TPSA) is 60.9 Å². The van der Waals surface area contributed by atoms with Gasteiger partial charge in [-0.1, -0.05) is 23.7 Å². The molecule has 1 saturated heterocycles. The molecule has 1 aliphatic rings. The van der Waals surface area contributed by atoms with Crippen LogP contribution in [0.15, 0.2) is 42.5 Å². The van der Waals surface area contributed by atoms with Crippen LogP contribution in [0.1, 0.15) is 42.1 Å². The van der Waals surface area contributed by atoms with E-state index in [1.807, 2.05) is 18.2 Å². The monoisotopic (exact) mass is 400 g/mol. The van der Waals surface area contributed by atoms with Gasteiger partial charge in [-0.2, -0.15) is 0 Å². The lowest BCUT2D eigenvalue weighted by Gasteiger charge is -2.33. The van der Waals surface area contributed by atoms with Gasteiger partial charge in [0.1, 0.15) is 0 Å². The van der Waals surface area contributed by atoms with E-state index in [-0.39, 0.29) is 11.5 Å². The first-order valence-corrected chi connectivity index (χ1v) is 9.98. The molecule has 1 amide bonds. The van der Waals surface area contributed by atoms with Crippen molar-refractivity contribution in [2.75, 3.05) is 29.4 Å². The number of halogens is 1. The summed E-state index contributed by atoms with van der Waals surface area (Å²) >= 11 is 6.26. The van der Waals surface area contributed by atoms with Crippen LogP contribution in [0.2, 0.25) is 5.02 Å². The smallest absolute Gasteiger partial charge is 0.335 e. The predicted molar refractivity (Wildman–Crippen MR) is 113 cm³/mol. The number of aromatic carboxylic acids is 1. The quantitative estimate of drug-likeness (QED) is 0.768. The highest BCUT2D eigenvalue weighted by Gasteiger charge is 2.21. The molecule has 1 heterocycles. The van der Waals surface area contributed by atoms with Gasteiger partial charge in [0.15, 0.2) is 0 Å². The SMILES string of the molecule is CC(=O)N(CCc1ccc(C(=O)O)cc1)c1cc(Cl)ccc1N1CCCCC1. The van der Waals surface area contributed by atoms with Gasteiger partial charge in [0, 0.05) is 31.6 Å². The lowest BCUT2D eigenvalue weighted by atomic mass is 10.1. The van der Waals surface area contributed by atoms with Crippen molar-refractivity contribution in [3.05, 3.63) is 58.6 Å². The van der Waals surface area contributed by atoms with Gasteiger partial charge in [0.25, 0.3) is 0 Å². The van der Waals surface area contributed by atoms with E-state index < -0.39 is 5.97 Å². The Balaban J connectivity index is 1.82. The summed E-state index contributed by atoms with van der Waals surface area (Å²) in [6.07, 6.45) is 4.17. The second kappa shape index (κ2) is 9.11. The number of piperidine rings is 1. The molecule has 0 bridgehead atoms. The van der Waals surface area contributed by atoms with Crippen molar-refractivity contribution in [2.45, 2.75) is 32.6 Å². The van der Waals surface area contributed by atoms with Crippen LogP contribution in [0.25, 0.3) is 0 Å². The maximum absolute atomic E-state index is 12.4. The van der Waals surface area contributed by atoms with E-state index in [9.17, 15) is 9.59 Å². The summed E-state index contributed by atoms with van der Waals surface area (Å²) in [5.41, 5.74) is 3.12. The van der Waals surface area contributed by atoms with Crippen molar-refractivity contribution >= 4 is 34.9 Å². The molecule has 5 nitrogen and oxygen atoms in total. The van der Waals surface area contributed by atoms with Gasteiger partial charge in [-0.05, 0) is 61.6 Å². The third-order valence-corrected chi connectivity index (χ3v) is 5.37. The van der Waals surface area contributed by atoms with E-state index in [4.69, 9.17) is 16.7 Å². The number of benzene rings is 2. The van der Waals surface area contributed by atoms with E-state index in [1.54, 1.807) is 36.1 Å². The number of carbonyl (C=O) groups is 2. The van der Waals surface area contributed by atoms with E-state index >= 15 is 0 Å². The van der Waals surface area contributed by atoms with Crippen molar-refractivity contribution in [3.63, 3.8) is 0 Å². The highest BCUT2D eigenvalue weighted by atomic mass is 35.5. The van der Waals surface area contributed by atoms with Crippen LogP contribution in [0, 0.1) is 0 Å². The van der Waals surface area contributed by atoms with Gasteiger partial charge in [0.05, 0.1) is 16.9 Å². The Bertz CT molecular complexity index is 845. The molecule has 2 aromatic rings. The lowest BCUT2D eigenvalue weighted by Crippen LogP contribution is -2.35. The van der Waals surface area contributed by atoms with Gasteiger partial charge < -0.3 is 14.9 Å². The third kappa shape index (κ3) is 4.84. The maximum Gasteiger partial charge on any atom is 0.335 e. The number of carboxylic acid groups (broad SMARTS) is 1. The molecule has 148 valence electrons. The van der Waals surface area contributed by atoms with Crippen LogP contribution < -0.4 is 9.80 Å². The fraction of sp³-hybridized carbons (Fsp3) is 0.364. The van der Waals surface area contributed by atoms with E-state index in [0.29, 0.717) is 18.0 Å². The summed E-state index contributed by atoms with van der Waals surface area (Å²) in [7, 11) is 0. The van der Waals surface area contributed by atoms with Crippen molar-refractivity contribution in [3.8, 4) is 0 Å². The molecular weight excluding hydrogens is 376 g/mol. The zero-order chi connectivity index (χ0) is 20.1. The lowest BCUT2D eigenvalue weighted by molar-refractivity contribution is -0.116. The summed E-state index contributed by atoms with van der Waals surface area (Å²) < 4.78 is 0. The number of amides is 1. The van der Waals surface area contributed by atoms with Crippen molar-refractivity contribution in [1.29, 1.82) is 0 Å². The summed E-state index contributed by atoms with van der Waals surface area (Å²) in [6.45, 7) is 4.03. The standard InChI is InChI=1S/C22H25ClN2O3/c1-16(26)25(14-11-17-5-7-18(8-6-17)22(27)28)21-15-19(23)9-10-20(21)24-12-3-2-4-13-24/h5-10,15H,2-4,11-14H2,1H3,(H,27,28). The van der Waals surface area contributed by atoms with Gasteiger partial charge in [-0.25, -0.2) is 4.79 Å². The number of hydrogen-bond acceptors (Lipinski definition) is 3. The van der Waals surface area contributed by atoms with Crippen LogP contribution in [-0.4, -0.2) is 36.6 Å². The molecule has 1 aliphatic heterocycles. The van der Waals surface area contributed by atoms with Crippen molar-refractivity contribution in [2.24, 2.45) is 0 Å². The minimum atomic E-state index is -0.943. The molecule has 0 aliphatic carbocycles. The average molecular weight is 401 g/mol. The molecule has 0 saturated carbocycles. The first-order valence-electron chi connectivity index (χ1n) is 9.60. The average Bonchev–Trinajstić information content (AvgIpc) is 2.69. The van der Waals surface area contributed by atoms with Crippen LogP contribution in [-0.2, 0) is 11.2 Å². The largest absolute Gasteiger partial charge is 0.478 e. The Morgan fingerprint density at radius 3 is 2.36 bits per heavy atom. The Kier molecular flexibility index (Phi) is 6.57. The van der Waals surface area contributed by atoms with Crippen molar-refractivity contribution < 1.29 is 14.7 Å².